The number of carboxylic acids is 1. The van der Waals surface area contributed by atoms with Crippen LogP contribution >= 0.6 is 0 Å². The molecule has 0 heterocycles. The lowest BCUT2D eigenvalue weighted by molar-refractivity contribution is -0.160. The summed E-state index contributed by atoms with van der Waals surface area (Å²) in [5.41, 5.74) is -1.11. The van der Waals surface area contributed by atoms with Crippen molar-refractivity contribution in [2.75, 3.05) is 6.54 Å². The first-order valence-electron chi connectivity index (χ1n) is 5.30. The van der Waals surface area contributed by atoms with Crippen LogP contribution in [0.1, 0.15) is 41.0 Å². The van der Waals surface area contributed by atoms with Gasteiger partial charge in [-0.15, -0.1) is 0 Å². The maximum absolute atomic E-state index is 11.5. The minimum absolute atomic E-state index is 0.120. The molecular formula is C11H21NO3. The van der Waals surface area contributed by atoms with E-state index in [9.17, 15) is 14.7 Å². The highest BCUT2D eigenvalue weighted by Gasteiger charge is 2.43. The van der Waals surface area contributed by atoms with Crippen molar-refractivity contribution in [2.24, 2.45) is 5.92 Å². The van der Waals surface area contributed by atoms with Crippen LogP contribution in [0.15, 0.2) is 0 Å². The first kappa shape index (κ1) is 13.9. The van der Waals surface area contributed by atoms with Crippen molar-refractivity contribution in [3.05, 3.63) is 0 Å². The molecule has 0 spiro atoms. The van der Waals surface area contributed by atoms with Gasteiger partial charge in [0.25, 0.3) is 0 Å². The summed E-state index contributed by atoms with van der Waals surface area (Å²) in [6, 6.07) is 0. The number of nitrogens with zero attached hydrogens (tertiary/aromatic N) is 1. The van der Waals surface area contributed by atoms with Crippen LogP contribution in [0.4, 0.5) is 0 Å². The molecule has 0 aliphatic carbocycles. The molecule has 0 aliphatic rings. The van der Waals surface area contributed by atoms with Crippen LogP contribution in [0.5, 0.6) is 0 Å². The number of carbonyl (C=O) groups excluding carboxylic acids is 1. The molecule has 0 aliphatic heterocycles. The number of hydrogen-bond acceptors (Lipinski definition) is 2. The fourth-order valence-corrected chi connectivity index (χ4v) is 1.61. The Hall–Kier alpha value is -1.06. The minimum Gasteiger partial charge on any atom is -0.479 e. The third-order valence-electron chi connectivity index (χ3n) is 2.95. The van der Waals surface area contributed by atoms with Gasteiger partial charge < -0.3 is 10.0 Å². The average molecular weight is 215 g/mol. The van der Waals surface area contributed by atoms with Gasteiger partial charge in [0.15, 0.2) is 0 Å². The Morgan fingerprint density at radius 3 is 2.07 bits per heavy atom. The first-order valence-corrected chi connectivity index (χ1v) is 5.30. The molecule has 4 heteroatoms. The largest absolute Gasteiger partial charge is 0.479 e. The van der Waals surface area contributed by atoms with Crippen molar-refractivity contribution >= 4 is 11.9 Å². The molecule has 0 rings (SSSR count). The molecule has 0 fully saturated rings. The molecule has 0 bridgehead atoms. The SMILES string of the molecule is CCCN(C(C)=O)C(C)(C(=O)O)C(C)C. The van der Waals surface area contributed by atoms with Crippen LogP contribution in [0.3, 0.4) is 0 Å². The predicted octanol–water partition coefficient (Wildman–Crippen LogP) is 1.74. The molecular weight excluding hydrogens is 194 g/mol. The van der Waals surface area contributed by atoms with E-state index in [4.69, 9.17) is 0 Å². The van der Waals surface area contributed by atoms with Gasteiger partial charge in [-0.05, 0) is 19.3 Å². The summed E-state index contributed by atoms with van der Waals surface area (Å²) in [6.45, 7) is 9.07. The Morgan fingerprint density at radius 2 is 1.87 bits per heavy atom. The van der Waals surface area contributed by atoms with E-state index in [-0.39, 0.29) is 11.8 Å². The Bertz CT molecular complexity index is 250. The second-order valence-electron chi connectivity index (χ2n) is 4.28. The van der Waals surface area contributed by atoms with Crippen molar-refractivity contribution in [1.29, 1.82) is 0 Å². The summed E-state index contributed by atoms with van der Waals surface area (Å²) in [7, 11) is 0. The van der Waals surface area contributed by atoms with Crippen molar-refractivity contribution in [2.45, 2.75) is 46.6 Å². The highest BCUT2D eigenvalue weighted by molar-refractivity contribution is 5.86. The molecule has 1 atom stereocenters. The topological polar surface area (TPSA) is 57.6 Å². The van der Waals surface area contributed by atoms with E-state index in [0.29, 0.717) is 6.54 Å². The highest BCUT2D eigenvalue weighted by Crippen LogP contribution is 2.25. The molecule has 1 amide bonds. The van der Waals surface area contributed by atoms with Gasteiger partial charge >= 0.3 is 5.97 Å². The summed E-state index contributed by atoms with van der Waals surface area (Å²) in [5, 5.41) is 9.25. The first-order chi connectivity index (χ1) is 6.78. The third kappa shape index (κ3) is 2.70. The Kier molecular flexibility index (Phi) is 4.78. The Labute approximate surface area is 91.3 Å². The molecule has 0 saturated carbocycles. The number of hydrogen-bond donors (Lipinski definition) is 1. The van der Waals surface area contributed by atoms with Crippen LogP contribution in [-0.2, 0) is 9.59 Å². The van der Waals surface area contributed by atoms with E-state index in [1.807, 2.05) is 20.8 Å². The summed E-state index contributed by atoms with van der Waals surface area (Å²) in [6.07, 6.45) is 0.759. The maximum atomic E-state index is 11.5. The van der Waals surface area contributed by atoms with E-state index in [1.54, 1.807) is 6.92 Å². The lowest BCUT2D eigenvalue weighted by Crippen LogP contribution is -2.58. The van der Waals surface area contributed by atoms with Gasteiger partial charge in [0.1, 0.15) is 5.54 Å². The van der Waals surface area contributed by atoms with Crippen molar-refractivity contribution in [3.63, 3.8) is 0 Å². The van der Waals surface area contributed by atoms with Crippen molar-refractivity contribution in [3.8, 4) is 0 Å². The molecule has 88 valence electrons. The van der Waals surface area contributed by atoms with Crippen LogP contribution in [0.2, 0.25) is 0 Å². The molecule has 1 unspecified atom stereocenters. The summed E-state index contributed by atoms with van der Waals surface area (Å²) in [4.78, 5) is 24.2. The van der Waals surface area contributed by atoms with Crippen molar-refractivity contribution < 1.29 is 14.7 Å². The molecule has 0 aromatic carbocycles. The quantitative estimate of drug-likeness (QED) is 0.760. The van der Waals surface area contributed by atoms with Gasteiger partial charge in [-0.25, -0.2) is 4.79 Å². The molecule has 0 aromatic rings. The van der Waals surface area contributed by atoms with E-state index in [0.717, 1.165) is 6.42 Å². The smallest absolute Gasteiger partial charge is 0.329 e. The number of aliphatic carboxylic acids is 1. The number of amides is 1. The van der Waals surface area contributed by atoms with Crippen LogP contribution in [-0.4, -0.2) is 34.0 Å². The normalized spacial score (nSPS) is 14.8. The zero-order valence-electron chi connectivity index (χ0n) is 10.2. The second kappa shape index (κ2) is 5.14. The third-order valence-corrected chi connectivity index (χ3v) is 2.95. The van der Waals surface area contributed by atoms with Crippen LogP contribution in [0, 0.1) is 5.92 Å². The summed E-state index contributed by atoms with van der Waals surface area (Å²) in [5.74, 6) is -1.25. The lowest BCUT2D eigenvalue weighted by Gasteiger charge is -2.40. The second-order valence-corrected chi connectivity index (χ2v) is 4.28. The number of carboxylic acid groups (broad SMARTS) is 1. The summed E-state index contributed by atoms with van der Waals surface area (Å²) < 4.78 is 0. The molecule has 1 N–H and O–H groups in total. The van der Waals surface area contributed by atoms with E-state index >= 15 is 0 Å². The van der Waals surface area contributed by atoms with Gasteiger partial charge in [0.2, 0.25) is 5.91 Å². The van der Waals surface area contributed by atoms with E-state index < -0.39 is 11.5 Å². The number of rotatable bonds is 5. The van der Waals surface area contributed by atoms with E-state index in [1.165, 1.54) is 11.8 Å². The highest BCUT2D eigenvalue weighted by atomic mass is 16.4. The lowest BCUT2D eigenvalue weighted by atomic mass is 9.86. The molecule has 0 aromatic heterocycles. The molecule has 15 heavy (non-hydrogen) atoms. The fraction of sp³-hybridized carbons (Fsp3) is 0.818. The molecule has 0 saturated heterocycles. The van der Waals surface area contributed by atoms with Gasteiger partial charge in [-0.3, -0.25) is 4.79 Å². The van der Waals surface area contributed by atoms with Crippen LogP contribution in [0.25, 0.3) is 0 Å². The van der Waals surface area contributed by atoms with Gasteiger partial charge in [-0.2, -0.15) is 0 Å². The van der Waals surface area contributed by atoms with Crippen LogP contribution < -0.4 is 0 Å². The van der Waals surface area contributed by atoms with Gasteiger partial charge in [0.05, 0.1) is 0 Å². The summed E-state index contributed by atoms with van der Waals surface area (Å²) >= 11 is 0. The molecule has 4 nitrogen and oxygen atoms in total. The predicted molar refractivity (Wildman–Crippen MR) is 58.6 cm³/mol. The monoisotopic (exact) mass is 215 g/mol. The van der Waals surface area contributed by atoms with E-state index in [2.05, 4.69) is 0 Å². The fourth-order valence-electron chi connectivity index (χ4n) is 1.61. The Balaban J connectivity index is 5.18. The van der Waals surface area contributed by atoms with Gasteiger partial charge in [0, 0.05) is 13.5 Å². The van der Waals surface area contributed by atoms with Crippen molar-refractivity contribution in [1.82, 2.24) is 4.90 Å². The zero-order chi connectivity index (χ0) is 12.2. The average Bonchev–Trinajstić information content (AvgIpc) is 2.11. The van der Waals surface area contributed by atoms with Gasteiger partial charge in [-0.1, -0.05) is 20.8 Å². The molecule has 0 radical (unpaired) electrons. The number of carbonyl (C=O) groups is 2. The maximum Gasteiger partial charge on any atom is 0.329 e. The zero-order valence-corrected chi connectivity index (χ0v) is 10.2. The minimum atomic E-state index is -1.11. The Morgan fingerprint density at radius 1 is 1.40 bits per heavy atom. The standard InChI is InChI=1S/C11H21NO3/c1-6-7-12(9(4)13)11(5,8(2)3)10(14)15/h8H,6-7H2,1-5H3,(H,14,15).